The number of nitrogens with zero attached hydrogens (tertiary/aromatic N) is 3. The molecule has 0 saturated heterocycles. The zero-order chi connectivity index (χ0) is 32.1. The lowest BCUT2D eigenvalue weighted by molar-refractivity contribution is 1.29. The molecule has 3 nitrogen and oxygen atoms in total. The van der Waals surface area contributed by atoms with E-state index in [9.17, 15) is 0 Å². The summed E-state index contributed by atoms with van der Waals surface area (Å²) in [5.41, 5.74) is 9.92. The van der Waals surface area contributed by atoms with Crippen LogP contribution < -0.4 is 0 Å². The van der Waals surface area contributed by atoms with Crippen molar-refractivity contribution in [3.63, 3.8) is 0 Å². The summed E-state index contributed by atoms with van der Waals surface area (Å²) in [5, 5.41) is 12.4. The third kappa shape index (κ3) is 3.73. The van der Waals surface area contributed by atoms with Crippen LogP contribution in [0.4, 0.5) is 0 Å². The first kappa shape index (κ1) is 26.5. The second-order valence-electron chi connectivity index (χ2n) is 12.9. The van der Waals surface area contributed by atoms with E-state index < -0.39 is 0 Å². The van der Waals surface area contributed by atoms with Crippen molar-refractivity contribution < 1.29 is 0 Å². The molecular weight excluding hydrogens is 595 g/mol. The van der Waals surface area contributed by atoms with E-state index in [0.29, 0.717) is 0 Å². The van der Waals surface area contributed by atoms with E-state index in [1.807, 2.05) is 12.3 Å². The number of imidazole rings is 1. The van der Waals surface area contributed by atoms with Crippen LogP contribution in [0.25, 0.3) is 104 Å². The van der Waals surface area contributed by atoms with E-state index >= 15 is 0 Å². The molecule has 0 aliphatic heterocycles. The third-order valence-electron chi connectivity index (χ3n) is 10.4. The van der Waals surface area contributed by atoms with Gasteiger partial charge in [0.15, 0.2) is 0 Å². The van der Waals surface area contributed by atoms with Gasteiger partial charge in [0.05, 0.1) is 22.1 Å². The van der Waals surface area contributed by atoms with Crippen molar-refractivity contribution in [1.29, 1.82) is 0 Å². The molecule has 0 atom stereocenters. The quantitative estimate of drug-likeness (QED) is 0.180. The van der Waals surface area contributed by atoms with Crippen LogP contribution >= 0.6 is 0 Å². The van der Waals surface area contributed by atoms with Gasteiger partial charge in [0.25, 0.3) is 0 Å². The average Bonchev–Trinajstić information content (AvgIpc) is 3.57. The van der Waals surface area contributed by atoms with Gasteiger partial charge in [-0.25, -0.2) is 4.98 Å². The number of aromatic nitrogens is 3. The van der Waals surface area contributed by atoms with Gasteiger partial charge in [0.1, 0.15) is 5.65 Å². The molecule has 0 saturated carbocycles. The summed E-state index contributed by atoms with van der Waals surface area (Å²) in [7, 11) is 0. The molecule has 0 radical (unpaired) electrons. The number of para-hydroxylation sites is 2. The minimum atomic E-state index is 0.964. The number of rotatable bonds is 2. The predicted molar refractivity (Wildman–Crippen MR) is 206 cm³/mol. The highest BCUT2D eigenvalue weighted by atomic mass is 15.0. The fourth-order valence-electron chi connectivity index (χ4n) is 8.20. The molecule has 8 aromatic carbocycles. The van der Waals surface area contributed by atoms with Crippen LogP contribution in [-0.2, 0) is 0 Å². The first-order valence-electron chi connectivity index (χ1n) is 16.8. The van der Waals surface area contributed by atoms with Gasteiger partial charge in [0.2, 0.25) is 0 Å². The summed E-state index contributed by atoms with van der Waals surface area (Å²) in [4.78, 5) is 10.1. The maximum absolute atomic E-state index is 5.18. The van der Waals surface area contributed by atoms with Gasteiger partial charge >= 0.3 is 0 Å². The molecule has 0 amide bonds. The van der Waals surface area contributed by atoms with Crippen molar-refractivity contribution in [3.8, 4) is 22.3 Å². The Hall–Kier alpha value is -6.58. The number of pyridine rings is 2. The Labute approximate surface area is 281 Å². The monoisotopic (exact) mass is 621 g/mol. The lowest BCUT2D eigenvalue weighted by atomic mass is 9.91. The third-order valence-corrected chi connectivity index (χ3v) is 10.4. The van der Waals surface area contributed by atoms with Crippen molar-refractivity contribution in [2.24, 2.45) is 0 Å². The lowest BCUT2D eigenvalue weighted by Gasteiger charge is -2.14. The molecule has 3 heterocycles. The first-order chi connectivity index (χ1) is 24.3. The molecule has 0 fully saturated rings. The Balaban J connectivity index is 1.09. The minimum absolute atomic E-state index is 0.964. The SMILES string of the molecule is c1ccc2c(c1)nc1c3c4cccc(-c5ccc(-c6ccc7c8ccccc8c8ccccc8c7c6)cc5)c4ccc3c3ncccc3n21. The van der Waals surface area contributed by atoms with Gasteiger partial charge in [-0.3, -0.25) is 9.38 Å². The maximum Gasteiger partial charge on any atom is 0.147 e. The maximum atomic E-state index is 5.18. The van der Waals surface area contributed by atoms with Crippen molar-refractivity contribution in [1.82, 2.24) is 14.4 Å². The molecule has 0 aliphatic carbocycles. The highest BCUT2D eigenvalue weighted by Gasteiger charge is 2.18. The zero-order valence-corrected chi connectivity index (χ0v) is 26.4. The number of hydrogen-bond acceptors (Lipinski definition) is 2. The molecule has 11 aromatic rings. The first-order valence-corrected chi connectivity index (χ1v) is 16.8. The van der Waals surface area contributed by atoms with E-state index in [4.69, 9.17) is 9.97 Å². The van der Waals surface area contributed by atoms with E-state index in [2.05, 4.69) is 156 Å². The summed E-state index contributed by atoms with van der Waals surface area (Å²) >= 11 is 0. The molecule has 0 unspecified atom stereocenters. The second kappa shape index (κ2) is 9.96. The molecule has 49 heavy (non-hydrogen) atoms. The van der Waals surface area contributed by atoms with E-state index in [0.717, 1.165) is 38.5 Å². The van der Waals surface area contributed by atoms with Gasteiger partial charge in [0, 0.05) is 17.0 Å². The fraction of sp³-hybridized carbons (Fsp3) is 0. The lowest BCUT2D eigenvalue weighted by Crippen LogP contribution is -1.94. The molecule has 226 valence electrons. The Morgan fingerprint density at radius 2 is 0.980 bits per heavy atom. The minimum Gasteiger partial charge on any atom is -0.290 e. The van der Waals surface area contributed by atoms with Crippen LogP contribution in [-0.4, -0.2) is 14.4 Å². The summed E-state index contributed by atoms with van der Waals surface area (Å²) in [6.45, 7) is 0. The molecule has 0 aliphatic rings. The van der Waals surface area contributed by atoms with Gasteiger partial charge in [-0.2, -0.15) is 0 Å². The predicted octanol–water partition coefficient (Wildman–Crippen LogP) is 12.1. The van der Waals surface area contributed by atoms with Crippen LogP contribution in [0.1, 0.15) is 0 Å². The highest BCUT2D eigenvalue weighted by Crippen LogP contribution is 2.40. The number of hydrogen-bond donors (Lipinski definition) is 0. The Morgan fingerprint density at radius 1 is 0.388 bits per heavy atom. The molecule has 0 bridgehead atoms. The summed E-state index contributed by atoms with van der Waals surface area (Å²) in [6, 6.07) is 57.1. The van der Waals surface area contributed by atoms with Crippen LogP contribution in [0.5, 0.6) is 0 Å². The summed E-state index contributed by atoms with van der Waals surface area (Å²) < 4.78 is 2.27. The molecule has 0 N–H and O–H groups in total. The average molecular weight is 622 g/mol. The Morgan fingerprint density at radius 3 is 1.78 bits per heavy atom. The molecule has 3 aromatic heterocycles. The standard InChI is InChI=1S/C46H27N3/c1-2-11-34-32(9-1)33-10-3-4-12-35(33)40-27-30(22-23-37(34)40)28-18-20-29(21-19-28)31-13-7-14-38-36(31)24-25-39-44(38)46-48-41-15-5-6-16-42(41)49(46)43-17-8-26-47-45(39)43/h1-27H. The van der Waals surface area contributed by atoms with Crippen LogP contribution in [0, 0.1) is 0 Å². The van der Waals surface area contributed by atoms with Crippen LogP contribution in [0.3, 0.4) is 0 Å². The van der Waals surface area contributed by atoms with E-state index in [1.54, 1.807) is 0 Å². The Kier molecular flexibility index (Phi) is 5.38. The zero-order valence-electron chi connectivity index (χ0n) is 26.4. The van der Waals surface area contributed by atoms with Crippen LogP contribution in [0.2, 0.25) is 0 Å². The van der Waals surface area contributed by atoms with Gasteiger partial charge in [-0.1, -0.05) is 127 Å². The summed E-state index contributed by atoms with van der Waals surface area (Å²) in [6.07, 6.45) is 1.88. The van der Waals surface area contributed by atoms with Crippen molar-refractivity contribution in [3.05, 3.63) is 164 Å². The fourth-order valence-corrected chi connectivity index (χ4v) is 8.20. The van der Waals surface area contributed by atoms with Gasteiger partial charge in [-0.05, 0) is 95.7 Å². The van der Waals surface area contributed by atoms with E-state index in [1.165, 1.54) is 65.3 Å². The normalized spacial score (nSPS) is 12.1. The number of benzene rings is 8. The largest absolute Gasteiger partial charge is 0.290 e. The van der Waals surface area contributed by atoms with Gasteiger partial charge in [-0.15, -0.1) is 0 Å². The highest BCUT2D eigenvalue weighted by molar-refractivity contribution is 6.26. The van der Waals surface area contributed by atoms with Crippen molar-refractivity contribution >= 4 is 81.6 Å². The van der Waals surface area contributed by atoms with Crippen LogP contribution in [0.15, 0.2) is 164 Å². The van der Waals surface area contributed by atoms with Crippen molar-refractivity contribution in [2.45, 2.75) is 0 Å². The topological polar surface area (TPSA) is 30.2 Å². The van der Waals surface area contributed by atoms with E-state index in [-0.39, 0.29) is 0 Å². The second-order valence-corrected chi connectivity index (χ2v) is 12.9. The molecular formula is C46H27N3. The van der Waals surface area contributed by atoms with Crippen molar-refractivity contribution in [2.75, 3.05) is 0 Å². The Bertz CT molecular complexity index is 3120. The molecule has 0 spiro atoms. The number of fused-ring (bicyclic) bond motifs is 16. The molecule has 11 rings (SSSR count). The smallest absolute Gasteiger partial charge is 0.147 e. The molecule has 3 heteroatoms. The van der Waals surface area contributed by atoms with Gasteiger partial charge < -0.3 is 0 Å². The summed E-state index contributed by atoms with van der Waals surface area (Å²) in [5.74, 6) is 0.